The Kier molecular flexibility index (Phi) is 4.58. The summed E-state index contributed by atoms with van der Waals surface area (Å²) in [5.74, 6) is 0. The lowest BCUT2D eigenvalue weighted by Crippen LogP contribution is -2.37. The molecule has 0 radical (unpaired) electrons. The van der Waals surface area contributed by atoms with Crippen LogP contribution in [0, 0.1) is 0 Å². The van der Waals surface area contributed by atoms with Crippen LogP contribution in [0.4, 0.5) is 0 Å². The Morgan fingerprint density at radius 1 is 1.24 bits per heavy atom. The van der Waals surface area contributed by atoms with Gasteiger partial charge in [0.05, 0.1) is 11.7 Å². The topological polar surface area (TPSA) is 147 Å². The Balaban J connectivity index is 2.92. The van der Waals surface area contributed by atoms with Gasteiger partial charge in [-0.3, -0.25) is 9.78 Å². The quantitative estimate of drug-likeness (QED) is 0.331. The van der Waals surface area contributed by atoms with E-state index in [4.69, 9.17) is 5.11 Å². The van der Waals surface area contributed by atoms with Gasteiger partial charge in [-0.25, -0.2) is 4.79 Å². The van der Waals surface area contributed by atoms with Gasteiger partial charge in [0.25, 0.3) is 5.56 Å². The van der Waals surface area contributed by atoms with E-state index in [0.29, 0.717) is 0 Å². The molecule has 6 N–H and O–H groups in total. The van der Waals surface area contributed by atoms with E-state index in [9.17, 15) is 24.9 Å². The molecule has 8 heteroatoms. The molecule has 0 bridgehead atoms. The molecule has 1 heterocycles. The molecule has 0 fully saturated rings. The summed E-state index contributed by atoms with van der Waals surface area (Å²) in [6.45, 7) is -0.368. The molecule has 1 aromatic heterocycles. The van der Waals surface area contributed by atoms with Crippen molar-refractivity contribution in [1.82, 2.24) is 9.97 Å². The first-order chi connectivity index (χ1) is 7.97. The molecule has 0 aliphatic heterocycles. The first-order valence-corrected chi connectivity index (χ1v) is 4.94. The first-order valence-electron chi connectivity index (χ1n) is 4.94. The van der Waals surface area contributed by atoms with Crippen molar-refractivity contribution in [1.29, 1.82) is 0 Å². The largest absolute Gasteiger partial charge is 0.396 e. The van der Waals surface area contributed by atoms with Crippen LogP contribution in [-0.2, 0) is 0 Å². The van der Waals surface area contributed by atoms with Crippen LogP contribution in [-0.4, -0.2) is 49.2 Å². The minimum absolute atomic E-state index is 0.139. The second-order valence-corrected chi connectivity index (χ2v) is 3.54. The van der Waals surface area contributed by atoms with Gasteiger partial charge >= 0.3 is 5.69 Å². The van der Waals surface area contributed by atoms with E-state index < -0.39 is 29.6 Å². The maximum absolute atomic E-state index is 11.3. The molecule has 8 nitrogen and oxygen atoms in total. The first kappa shape index (κ1) is 13.6. The Bertz CT molecular complexity index is 467. The van der Waals surface area contributed by atoms with Crippen LogP contribution in [0.25, 0.3) is 0 Å². The fraction of sp³-hybridized carbons (Fsp3) is 0.556. The lowest BCUT2D eigenvalue weighted by Gasteiger charge is -2.21. The van der Waals surface area contributed by atoms with Gasteiger partial charge in [-0.1, -0.05) is 0 Å². The van der Waals surface area contributed by atoms with Crippen molar-refractivity contribution in [3.8, 4) is 0 Å². The van der Waals surface area contributed by atoms with Gasteiger partial charge < -0.3 is 25.4 Å². The second-order valence-electron chi connectivity index (χ2n) is 3.54. The summed E-state index contributed by atoms with van der Waals surface area (Å²) in [6.07, 6.45) is -3.84. The fourth-order valence-electron chi connectivity index (χ4n) is 1.34. The average Bonchev–Trinajstić information content (AvgIpc) is 2.27. The summed E-state index contributed by atoms with van der Waals surface area (Å²) >= 11 is 0. The van der Waals surface area contributed by atoms with Gasteiger partial charge in [0, 0.05) is 12.8 Å². The zero-order chi connectivity index (χ0) is 13.0. The van der Waals surface area contributed by atoms with Crippen LogP contribution < -0.4 is 11.2 Å². The maximum Gasteiger partial charge on any atom is 0.325 e. The summed E-state index contributed by atoms with van der Waals surface area (Å²) in [6, 6.07) is 0. The van der Waals surface area contributed by atoms with E-state index in [2.05, 4.69) is 4.98 Å². The zero-order valence-corrected chi connectivity index (χ0v) is 8.83. The van der Waals surface area contributed by atoms with Crippen molar-refractivity contribution < 1.29 is 20.4 Å². The van der Waals surface area contributed by atoms with Gasteiger partial charge in [-0.05, 0) is 6.42 Å². The number of aromatic nitrogens is 2. The van der Waals surface area contributed by atoms with E-state index in [1.807, 2.05) is 4.98 Å². The smallest absolute Gasteiger partial charge is 0.325 e. The van der Waals surface area contributed by atoms with Crippen LogP contribution >= 0.6 is 0 Å². The summed E-state index contributed by atoms with van der Waals surface area (Å²) in [4.78, 5) is 26.0. The second kappa shape index (κ2) is 5.73. The van der Waals surface area contributed by atoms with Crippen molar-refractivity contribution in [3.05, 3.63) is 32.6 Å². The van der Waals surface area contributed by atoms with E-state index in [0.717, 1.165) is 6.20 Å². The van der Waals surface area contributed by atoms with E-state index >= 15 is 0 Å². The minimum atomic E-state index is -1.66. The SMILES string of the molecule is O=c1[nH]cc([C@H](O)[C@H](O)[C@@H](O)CCO)c(=O)[nH]1. The number of hydrogen-bond acceptors (Lipinski definition) is 6. The highest BCUT2D eigenvalue weighted by atomic mass is 16.4. The van der Waals surface area contributed by atoms with Gasteiger partial charge in [-0.2, -0.15) is 0 Å². The van der Waals surface area contributed by atoms with Crippen LogP contribution in [0.2, 0.25) is 0 Å². The number of hydrogen-bond donors (Lipinski definition) is 6. The van der Waals surface area contributed by atoms with E-state index in [-0.39, 0.29) is 18.6 Å². The minimum Gasteiger partial charge on any atom is -0.396 e. The number of aliphatic hydroxyl groups is 4. The molecule has 1 aromatic rings. The molecular formula is C9H14N2O6. The maximum atomic E-state index is 11.3. The molecule has 0 aromatic carbocycles. The van der Waals surface area contributed by atoms with Crippen molar-refractivity contribution in [2.24, 2.45) is 0 Å². The van der Waals surface area contributed by atoms with Crippen LogP contribution in [0.1, 0.15) is 18.1 Å². The number of rotatable bonds is 5. The Morgan fingerprint density at radius 2 is 1.88 bits per heavy atom. The van der Waals surface area contributed by atoms with Crippen molar-refractivity contribution in [3.63, 3.8) is 0 Å². The standard InChI is InChI=1S/C9H14N2O6/c12-2-1-5(13)7(15)6(14)4-3-10-9(17)11-8(4)16/h3,5-7,12-15H,1-2H2,(H2,10,11,16,17)/t5-,6-,7+/m0/s1. The number of nitrogens with one attached hydrogen (secondary N) is 2. The molecule has 0 saturated carbocycles. The highest BCUT2D eigenvalue weighted by Crippen LogP contribution is 2.16. The third-order valence-electron chi connectivity index (χ3n) is 2.31. The molecule has 0 saturated heterocycles. The third-order valence-corrected chi connectivity index (χ3v) is 2.31. The molecule has 17 heavy (non-hydrogen) atoms. The van der Waals surface area contributed by atoms with Gasteiger partial charge in [0.1, 0.15) is 12.2 Å². The fourth-order valence-corrected chi connectivity index (χ4v) is 1.34. The molecule has 0 aliphatic rings. The molecule has 0 spiro atoms. The number of aromatic amines is 2. The van der Waals surface area contributed by atoms with Gasteiger partial charge in [0.2, 0.25) is 0 Å². The Hall–Kier alpha value is -1.48. The van der Waals surface area contributed by atoms with Crippen LogP contribution in [0.3, 0.4) is 0 Å². The average molecular weight is 246 g/mol. The lowest BCUT2D eigenvalue weighted by atomic mass is 10.0. The van der Waals surface area contributed by atoms with Crippen molar-refractivity contribution in [2.45, 2.75) is 24.7 Å². The van der Waals surface area contributed by atoms with E-state index in [1.54, 1.807) is 0 Å². The van der Waals surface area contributed by atoms with Crippen LogP contribution in [0.15, 0.2) is 15.8 Å². The highest BCUT2D eigenvalue weighted by molar-refractivity contribution is 5.09. The van der Waals surface area contributed by atoms with Gasteiger partial charge in [0.15, 0.2) is 0 Å². The van der Waals surface area contributed by atoms with E-state index in [1.165, 1.54) is 0 Å². The zero-order valence-electron chi connectivity index (χ0n) is 8.83. The monoisotopic (exact) mass is 246 g/mol. The van der Waals surface area contributed by atoms with Gasteiger partial charge in [-0.15, -0.1) is 0 Å². The summed E-state index contributed by atoms with van der Waals surface area (Å²) in [7, 11) is 0. The predicted molar refractivity (Wildman–Crippen MR) is 56.4 cm³/mol. The normalized spacial score (nSPS) is 16.5. The van der Waals surface area contributed by atoms with Crippen molar-refractivity contribution >= 4 is 0 Å². The summed E-state index contributed by atoms with van der Waals surface area (Å²) in [5, 5.41) is 37.0. The molecular weight excluding hydrogens is 232 g/mol. The van der Waals surface area contributed by atoms with Crippen LogP contribution in [0.5, 0.6) is 0 Å². The Morgan fingerprint density at radius 3 is 2.41 bits per heavy atom. The molecule has 1 rings (SSSR count). The predicted octanol–water partition coefficient (Wildman–Crippen LogP) is -2.80. The molecule has 3 atom stereocenters. The number of aliphatic hydroxyl groups excluding tert-OH is 4. The molecule has 0 unspecified atom stereocenters. The molecule has 96 valence electrons. The third kappa shape index (κ3) is 3.24. The highest BCUT2D eigenvalue weighted by Gasteiger charge is 2.27. The summed E-state index contributed by atoms with van der Waals surface area (Å²) < 4.78 is 0. The lowest BCUT2D eigenvalue weighted by molar-refractivity contribution is -0.0677. The molecule has 0 aliphatic carbocycles. The van der Waals surface area contributed by atoms with Crippen molar-refractivity contribution in [2.75, 3.05) is 6.61 Å². The number of H-pyrrole nitrogens is 2. The summed E-state index contributed by atoms with van der Waals surface area (Å²) in [5.41, 5.74) is -1.86. The Labute approximate surface area is 95.2 Å². The molecule has 0 amide bonds.